The summed E-state index contributed by atoms with van der Waals surface area (Å²) in [6.45, 7) is 4.78. The largest absolute Gasteiger partial charge is 0.493 e. The molecule has 1 aromatic heterocycles. The Morgan fingerprint density at radius 1 is 1.32 bits per heavy atom. The zero-order valence-corrected chi connectivity index (χ0v) is 18.4. The van der Waals surface area contributed by atoms with Crippen LogP contribution in [0.2, 0.25) is 0 Å². The lowest BCUT2D eigenvalue weighted by atomic mass is 9.94. The first-order valence-electron chi connectivity index (χ1n) is 10.3. The van der Waals surface area contributed by atoms with Crippen LogP contribution < -0.4 is 15.4 Å². The first kappa shape index (κ1) is 22.4. The summed E-state index contributed by atoms with van der Waals surface area (Å²) in [4.78, 5) is 25.2. The molecule has 7 nitrogen and oxygen atoms in total. The monoisotopic (exact) mass is 439 g/mol. The number of hydrogen-bond acceptors (Lipinski definition) is 6. The average molecular weight is 440 g/mol. The van der Waals surface area contributed by atoms with Crippen molar-refractivity contribution < 1.29 is 19.1 Å². The molecule has 1 aromatic carbocycles. The van der Waals surface area contributed by atoms with Gasteiger partial charge in [0.15, 0.2) is 0 Å². The van der Waals surface area contributed by atoms with Crippen LogP contribution >= 0.6 is 11.3 Å². The Kier molecular flexibility index (Phi) is 7.68. The summed E-state index contributed by atoms with van der Waals surface area (Å²) < 4.78 is 11.0. The normalized spacial score (nSPS) is 15.1. The smallest absolute Gasteiger partial charge is 0.407 e. The fraction of sp³-hybridized carbons (Fsp3) is 0.348. The molecule has 1 aliphatic carbocycles. The topological polar surface area (TPSA) is 100 Å². The fourth-order valence-corrected chi connectivity index (χ4v) is 4.69. The quantitative estimate of drug-likeness (QED) is 0.628. The molecule has 1 atom stereocenters. The van der Waals surface area contributed by atoms with Crippen molar-refractivity contribution in [1.29, 1.82) is 5.26 Å². The number of nitrogens with zero attached hydrogens (tertiary/aromatic N) is 1. The first-order valence-corrected chi connectivity index (χ1v) is 11.1. The SMILES string of the molecule is CCNC(=O)OC1CCc2c(sc(NC(=O)/C=C/c3ccccc3OCC)c2C#N)C1. The van der Waals surface area contributed by atoms with Gasteiger partial charge in [0, 0.05) is 29.5 Å². The predicted molar refractivity (Wildman–Crippen MR) is 120 cm³/mol. The number of hydrogen-bond donors (Lipinski definition) is 2. The summed E-state index contributed by atoms with van der Waals surface area (Å²) in [6, 6.07) is 9.69. The Morgan fingerprint density at radius 2 is 2.13 bits per heavy atom. The Labute approximate surface area is 185 Å². The van der Waals surface area contributed by atoms with Crippen LogP contribution in [0, 0.1) is 11.3 Å². The summed E-state index contributed by atoms with van der Waals surface area (Å²) in [5.41, 5.74) is 2.23. The van der Waals surface area contributed by atoms with Crippen LogP contribution in [0.15, 0.2) is 30.3 Å². The maximum absolute atomic E-state index is 12.5. The van der Waals surface area contributed by atoms with E-state index in [1.54, 1.807) is 6.08 Å². The van der Waals surface area contributed by atoms with Gasteiger partial charge < -0.3 is 20.1 Å². The summed E-state index contributed by atoms with van der Waals surface area (Å²) in [6.07, 6.45) is 4.28. The van der Waals surface area contributed by atoms with E-state index in [1.165, 1.54) is 17.4 Å². The molecular weight excluding hydrogens is 414 g/mol. The third-order valence-corrected chi connectivity index (χ3v) is 5.97. The second-order valence-electron chi connectivity index (χ2n) is 6.91. The van der Waals surface area contributed by atoms with Crippen LogP contribution in [-0.2, 0) is 22.4 Å². The predicted octanol–water partition coefficient (Wildman–Crippen LogP) is 4.27. The first-order chi connectivity index (χ1) is 15.0. The van der Waals surface area contributed by atoms with Gasteiger partial charge in [-0.2, -0.15) is 5.26 Å². The van der Waals surface area contributed by atoms with Gasteiger partial charge in [0.2, 0.25) is 5.91 Å². The van der Waals surface area contributed by atoms with Crippen LogP contribution in [0.5, 0.6) is 5.75 Å². The summed E-state index contributed by atoms with van der Waals surface area (Å²) in [5.74, 6) is 0.382. The summed E-state index contributed by atoms with van der Waals surface area (Å²) in [7, 11) is 0. The number of nitrogens with one attached hydrogen (secondary N) is 2. The van der Waals surface area contributed by atoms with Crippen LogP contribution in [0.3, 0.4) is 0 Å². The van der Waals surface area contributed by atoms with Crippen molar-refractivity contribution in [2.24, 2.45) is 0 Å². The van der Waals surface area contributed by atoms with Crippen LogP contribution in [0.4, 0.5) is 9.80 Å². The van der Waals surface area contributed by atoms with Gasteiger partial charge in [-0.3, -0.25) is 4.79 Å². The fourth-order valence-electron chi connectivity index (χ4n) is 3.42. The number of benzene rings is 1. The number of fused-ring (bicyclic) bond motifs is 1. The summed E-state index contributed by atoms with van der Waals surface area (Å²) >= 11 is 1.37. The van der Waals surface area contributed by atoms with Crippen molar-refractivity contribution in [3.63, 3.8) is 0 Å². The standard InChI is InChI=1S/C23H25N3O4S/c1-3-25-23(28)30-16-10-11-17-18(14-24)22(31-20(17)13-16)26-21(27)12-9-15-7-5-6-8-19(15)29-4-2/h5-9,12,16H,3-4,10-11,13H2,1-2H3,(H,25,28)(H,26,27)/b12-9+. The minimum Gasteiger partial charge on any atom is -0.493 e. The van der Waals surface area contributed by atoms with Crippen molar-refractivity contribution in [3.8, 4) is 11.8 Å². The molecule has 1 aliphatic rings. The Morgan fingerprint density at radius 3 is 2.87 bits per heavy atom. The van der Waals surface area contributed by atoms with E-state index in [1.807, 2.05) is 38.1 Å². The van der Waals surface area contributed by atoms with Gasteiger partial charge in [-0.1, -0.05) is 18.2 Å². The number of anilines is 1. The number of carbonyl (C=O) groups is 2. The highest BCUT2D eigenvalue weighted by molar-refractivity contribution is 7.16. The second-order valence-corrected chi connectivity index (χ2v) is 8.02. The van der Waals surface area contributed by atoms with Crippen LogP contribution in [0.1, 0.15) is 41.8 Å². The molecule has 0 saturated heterocycles. The lowest BCUT2D eigenvalue weighted by molar-refractivity contribution is -0.111. The van der Waals surface area contributed by atoms with E-state index in [9.17, 15) is 14.9 Å². The number of alkyl carbamates (subject to hydrolysis) is 1. The molecule has 0 bridgehead atoms. The molecule has 2 amide bonds. The summed E-state index contributed by atoms with van der Waals surface area (Å²) in [5, 5.41) is 15.6. The highest BCUT2D eigenvalue weighted by Crippen LogP contribution is 2.38. The molecular formula is C23H25N3O4S. The molecule has 162 valence electrons. The molecule has 0 aliphatic heterocycles. The lowest BCUT2D eigenvalue weighted by Gasteiger charge is -2.22. The van der Waals surface area contributed by atoms with Crippen molar-refractivity contribution in [3.05, 3.63) is 51.9 Å². The zero-order chi connectivity index (χ0) is 22.2. The van der Waals surface area contributed by atoms with Gasteiger partial charge in [-0.25, -0.2) is 4.79 Å². The van der Waals surface area contributed by atoms with Crippen molar-refractivity contribution >= 4 is 34.4 Å². The van der Waals surface area contributed by atoms with E-state index in [0.717, 1.165) is 16.0 Å². The highest BCUT2D eigenvalue weighted by Gasteiger charge is 2.28. The lowest BCUT2D eigenvalue weighted by Crippen LogP contribution is -2.31. The zero-order valence-electron chi connectivity index (χ0n) is 17.6. The van der Waals surface area contributed by atoms with Gasteiger partial charge >= 0.3 is 6.09 Å². The average Bonchev–Trinajstić information content (AvgIpc) is 3.09. The molecule has 1 unspecified atom stereocenters. The number of thiophene rings is 1. The molecule has 0 fully saturated rings. The second kappa shape index (κ2) is 10.6. The van der Waals surface area contributed by atoms with Crippen LogP contribution in [0.25, 0.3) is 6.08 Å². The van der Waals surface area contributed by atoms with Gasteiger partial charge in [0.05, 0.1) is 12.2 Å². The Bertz CT molecular complexity index is 1020. The van der Waals surface area contributed by atoms with Crippen molar-refractivity contribution in [2.45, 2.75) is 39.2 Å². The van der Waals surface area contributed by atoms with Gasteiger partial charge in [-0.05, 0) is 44.4 Å². The van der Waals surface area contributed by atoms with Crippen molar-refractivity contribution in [2.75, 3.05) is 18.5 Å². The molecule has 31 heavy (non-hydrogen) atoms. The van der Waals surface area contributed by atoms with Crippen molar-refractivity contribution in [1.82, 2.24) is 5.32 Å². The minimum atomic E-state index is -0.431. The number of nitriles is 1. The maximum atomic E-state index is 12.5. The van der Waals surface area contributed by atoms with E-state index < -0.39 is 6.09 Å². The minimum absolute atomic E-state index is 0.234. The molecule has 0 radical (unpaired) electrons. The maximum Gasteiger partial charge on any atom is 0.407 e. The molecule has 3 rings (SSSR count). The number of para-hydroxylation sites is 1. The van der Waals surface area contributed by atoms with E-state index in [-0.39, 0.29) is 12.0 Å². The van der Waals surface area contributed by atoms with Gasteiger partial charge in [0.1, 0.15) is 22.9 Å². The van der Waals surface area contributed by atoms with E-state index in [4.69, 9.17) is 9.47 Å². The number of amides is 2. The third kappa shape index (κ3) is 5.64. The van der Waals surface area contributed by atoms with E-state index in [0.29, 0.717) is 48.7 Å². The number of carbonyl (C=O) groups excluding carboxylic acids is 2. The third-order valence-electron chi connectivity index (χ3n) is 4.80. The number of ether oxygens (including phenoxy) is 2. The number of rotatable bonds is 7. The van der Waals surface area contributed by atoms with Crippen LogP contribution in [-0.4, -0.2) is 31.3 Å². The Hall–Kier alpha value is -3.31. The molecule has 2 aromatic rings. The van der Waals surface area contributed by atoms with E-state index in [2.05, 4.69) is 16.7 Å². The van der Waals surface area contributed by atoms with Gasteiger partial charge in [-0.15, -0.1) is 11.3 Å². The molecule has 0 saturated carbocycles. The Balaban J connectivity index is 1.70. The molecule has 8 heteroatoms. The van der Waals surface area contributed by atoms with E-state index >= 15 is 0 Å². The van der Waals surface area contributed by atoms with Gasteiger partial charge in [0.25, 0.3) is 0 Å². The molecule has 2 N–H and O–H groups in total. The highest BCUT2D eigenvalue weighted by atomic mass is 32.1. The molecule has 0 spiro atoms. The molecule has 1 heterocycles.